The molecule has 2 aromatic rings. The first kappa shape index (κ1) is 16.9. The van der Waals surface area contributed by atoms with E-state index in [1.807, 2.05) is 0 Å². The number of aliphatic hydroxyl groups is 1. The lowest BCUT2D eigenvalue weighted by molar-refractivity contribution is -0.121. The average Bonchev–Trinajstić information content (AvgIpc) is 2.87. The van der Waals surface area contributed by atoms with E-state index in [0.29, 0.717) is 27.1 Å². The highest BCUT2D eigenvalue weighted by Gasteiger charge is 2.27. The number of aryl methyl sites for hydroxylation is 1. The summed E-state index contributed by atoms with van der Waals surface area (Å²) in [7, 11) is 0. The van der Waals surface area contributed by atoms with E-state index in [4.69, 9.17) is 27.6 Å². The normalized spacial score (nSPS) is 13.7. The molecule has 6 heteroatoms. The quantitative estimate of drug-likeness (QED) is 0.875. The second-order valence-electron chi connectivity index (χ2n) is 5.37. The molecule has 0 bridgehead atoms. The van der Waals surface area contributed by atoms with Crippen molar-refractivity contribution >= 4 is 29.1 Å². The standard InChI is InChI=1S/C16H17Cl2NO3/c1-10-3-6-14(22-10)16(2,21)9-19-15(20)7-11-4-5-12(17)8-13(11)18/h3-6,8,21H,7,9H2,1-2H3,(H,19,20). The maximum Gasteiger partial charge on any atom is 0.224 e. The maximum atomic E-state index is 12.0. The summed E-state index contributed by atoms with van der Waals surface area (Å²) in [5, 5.41) is 14.0. The Kier molecular flexibility index (Phi) is 5.16. The Morgan fingerprint density at radius 2 is 2.05 bits per heavy atom. The van der Waals surface area contributed by atoms with Crippen molar-refractivity contribution < 1.29 is 14.3 Å². The molecule has 0 saturated carbocycles. The Hall–Kier alpha value is -1.49. The Morgan fingerprint density at radius 3 is 2.64 bits per heavy atom. The van der Waals surface area contributed by atoms with Gasteiger partial charge in [0.25, 0.3) is 0 Å². The lowest BCUT2D eigenvalue weighted by Crippen LogP contribution is -2.39. The zero-order valence-electron chi connectivity index (χ0n) is 12.3. The van der Waals surface area contributed by atoms with Gasteiger partial charge in [0, 0.05) is 10.0 Å². The van der Waals surface area contributed by atoms with Crippen molar-refractivity contribution in [3.63, 3.8) is 0 Å². The predicted molar refractivity (Wildman–Crippen MR) is 86.2 cm³/mol. The molecular formula is C16H17Cl2NO3. The first-order valence-corrected chi connectivity index (χ1v) is 7.53. The SMILES string of the molecule is Cc1ccc(C(C)(O)CNC(=O)Cc2ccc(Cl)cc2Cl)o1. The van der Waals surface area contributed by atoms with Crippen LogP contribution in [0.2, 0.25) is 10.0 Å². The van der Waals surface area contributed by atoms with Gasteiger partial charge in [-0.15, -0.1) is 0 Å². The van der Waals surface area contributed by atoms with E-state index in [1.165, 1.54) is 0 Å². The molecule has 0 radical (unpaired) electrons. The number of carbonyl (C=O) groups is 1. The number of nitrogens with one attached hydrogen (secondary N) is 1. The summed E-state index contributed by atoms with van der Waals surface area (Å²) in [5.74, 6) is 0.872. The molecule has 22 heavy (non-hydrogen) atoms. The Labute approximate surface area is 139 Å². The van der Waals surface area contributed by atoms with E-state index in [0.717, 1.165) is 0 Å². The molecule has 1 unspecified atom stereocenters. The number of amides is 1. The molecule has 2 N–H and O–H groups in total. The van der Waals surface area contributed by atoms with Gasteiger partial charge in [-0.25, -0.2) is 0 Å². The number of rotatable bonds is 5. The molecule has 2 rings (SSSR count). The summed E-state index contributed by atoms with van der Waals surface area (Å²) >= 11 is 11.8. The molecule has 118 valence electrons. The lowest BCUT2D eigenvalue weighted by atomic mass is 10.0. The molecule has 1 amide bonds. The molecular weight excluding hydrogens is 325 g/mol. The van der Waals surface area contributed by atoms with Gasteiger partial charge in [-0.1, -0.05) is 29.3 Å². The number of furan rings is 1. The molecule has 4 nitrogen and oxygen atoms in total. The number of carbonyl (C=O) groups excluding carboxylic acids is 1. The minimum Gasteiger partial charge on any atom is -0.463 e. The number of halogens is 2. The third-order valence-corrected chi connectivity index (χ3v) is 3.85. The lowest BCUT2D eigenvalue weighted by Gasteiger charge is -2.21. The fraction of sp³-hybridized carbons (Fsp3) is 0.312. The number of hydrogen-bond donors (Lipinski definition) is 2. The molecule has 1 heterocycles. The van der Waals surface area contributed by atoms with Crippen LogP contribution in [0, 0.1) is 6.92 Å². The highest BCUT2D eigenvalue weighted by molar-refractivity contribution is 6.35. The summed E-state index contributed by atoms with van der Waals surface area (Å²) in [6.07, 6.45) is 0.114. The Morgan fingerprint density at radius 1 is 1.32 bits per heavy atom. The second-order valence-corrected chi connectivity index (χ2v) is 6.22. The van der Waals surface area contributed by atoms with Crippen molar-refractivity contribution in [3.05, 3.63) is 57.5 Å². The summed E-state index contributed by atoms with van der Waals surface area (Å²) < 4.78 is 5.39. The highest BCUT2D eigenvalue weighted by Crippen LogP contribution is 2.23. The van der Waals surface area contributed by atoms with Crippen LogP contribution in [0.3, 0.4) is 0 Å². The Balaban J connectivity index is 1.95. The van der Waals surface area contributed by atoms with E-state index in [2.05, 4.69) is 5.32 Å². The fourth-order valence-corrected chi connectivity index (χ4v) is 2.46. The minimum absolute atomic E-state index is 0.0456. The van der Waals surface area contributed by atoms with Crippen LogP contribution < -0.4 is 5.32 Å². The van der Waals surface area contributed by atoms with Gasteiger partial charge in [0.1, 0.15) is 17.1 Å². The van der Waals surface area contributed by atoms with Crippen molar-refractivity contribution in [2.45, 2.75) is 25.9 Å². The third kappa shape index (κ3) is 4.26. The molecule has 0 aliphatic rings. The van der Waals surface area contributed by atoms with Crippen molar-refractivity contribution in [3.8, 4) is 0 Å². The summed E-state index contributed by atoms with van der Waals surface area (Å²) in [6.45, 7) is 3.42. The van der Waals surface area contributed by atoms with Crippen LogP contribution in [-0.4, -0.2) is 17.6 Å². The van der Waals surface area contributed by atoms with Gasteiger partial charge in [0.05, 0.1) is 13.0 Å². The Bertz CT molecular complexity index is 680. The van der Waals surface area contributed by atoms with Gasteiger partial charge in [-0.3, -0.25) is 4.79 Å². The molecule has 0 aliphatic carbocycles. The monoisotopic (exact) mass is 341 g/mol. The van der Waals surface area contributed by atoms with Crippen molar-refractivity contribution in [2.24, 2.45) is 0 Å². The zero-order chi connectivity index (χ0) is 16.3. The van der Waals surface area contributed by atoms with Gasteiger partial charge >= 0.3 is 0 Å². The van der Waals surface area contributed by atoms with E-state index < -0.39 is 5.60 Å². The van der Waals surface area contributed by atoms with Crippen molar-refractivity contribution in [1.82, 2.24) is 5.32 Å². The summed E-state index contributed by atoms with van der Waals surface area (Å²) in [4.78, 5) is 12.0. The van der Waals surface area contributed by atoms with E-state index in [1.54, 1.807) is 44.2 Å². The molecule has 1 atom stereocenters. The highest BCUT2D eigenvalue weighted by atomic mass is 35.5. The van der Waals surface area contributed by atoms with Gasteiger partial charge in [0.15, 0.2) is 0 Å². The van der Waals surface area contributed by atoms with Crippen LogP contribution in [0.15, 0.2) is 34.7 Å². The predicted octanol–water partition coefficient (Wildman–Crippen LogP) is 3.46. The van der Waals surface area contributed by atoms with Crippen LogP contribution in [0.1, 0.15) is 24.0 Å². The van der Waals surface area contributed by atoms with E-state index >= 15 is 0 Å². The second kappa shape index (κ2) is 6.73. The van der Waals surface area contributed by atoms with Crippen molar-refractivity contribution in [1.29, 1.82) is 0 Å². The number of hydrogen-bond acceptors (Lipinski definition) is 3. The zero-order valence-corrected chi connectivity index (χ0v) is 13.8. The minimum atomic E-state index is -1.27. The van der Waals surface area contributed by atoms with E-state index in [9.17, 15) is 9.90 Å². The molecule has 0 spiro atoms. The molecule has 1 aromatic heterocycles. The smallest absolute Gasteiger partial charge is 0.224 e. The third-order valence-electron chi connectivity index (χ3n) is 3.27. The average molecular weight is 342 g/mol. The topological polar surface area (TPSA) is 62.5 Å². The van der Waals surface area contributed by atoms with Crippen LogP contribution in [0.25, 0.3) is 0 Å². The van der Waals surface area contributed by atoms with Gasteiger partial charge in [0.2, 0.25) is 5.91 Å². The number of benzene rings is 1. The van der Waals surface area contributed by atoms with Crippen LogP contribution in [0.4, 0.5) is 0 Å². The largest absolute Gasteiger partial charge is 0.463 e. The maximum absolute atomic E-state index is 12.0. The molecule has 0 saturated heterocycles. The first-order valence-electron chi connectivity index (χ1n) is 6.78. The first-order chi connectivity index (χ1) is 10.3. The van der Waals surface area contributed by atoms with Gasteiger partial charge in [-0.2, -0.15) is 0 Å². The molecule has 0 fully saturated rings. The molecule has 0 aliphatic heterocycles. The van der Waals surface area contributed by atoms with E-state index in [-0.39, 0.29) is 18.9 Å². The van der Waals surface area contributed by atoms with Crippen LogP contribution in [0.5, 0.6) is 0 Å². The summed E-state index contributed by atoms with van der Waals surface area (Å²) in [5.41, 5.74) is -0.592. The van der Waals surface area contributed by atoms with Gasteiger partial charge < -0.3 is 14.8 Å². The van der Waals surface area contributed by atoms with Crippen LogP contribution >= 0.6 is 23.2 Å². The van der Waals surface area contributed by atoms with Crippen molar-refractivity contribution in [2.75, 3.05) is 6.54 Å². The van der Waals surface area contributed by atoms with Gasteiger partial charge in [-0.05, 0) is 43.7 Å². The molecule has 1 aromatic carbocycles. The summed E-state index contributed by atoms with van der Waals surface area (Å²) in [6, 6.07) is 8.43. The fourth-order valence-electron chi connectivity index (χ4n) is 1.98. The van der Waals surface area contributed by atoms with Crippen LogP contribution in [-0.2, 0) is 16.8 Å².